The van der Waals surface area contributed by atoms with Gasteiger partial charge in [0, 0.05) is 15.9 Å². The molecule has 4 rings (SSSR count). The maximum Gasteiger partial charge on any atom is 0.209 e. The summed E-state index contributed by atoms with van der Waals surface area (Å²) in [7, 11) is -3.71. The summed E-state index contributed by atoms with van der Waals surface area (Å²) >= 11 is 5.91. The highest BCUT2D eigenvalue weighted by molar-refractivity contribution is 7.91. The lowest BCUT2D eigenvalue weighted by Gasteiger charge is -2.07. The summed E-state index contributed by atoms with van der Waals surface area (Å²) in [5.41, 5.74) is 2.21. The summed E-state index contributed by atoms with van der Waals surface area (Å²) < 4.78 is 26.7. The van der Waals surface area contributed by atoms with Crippen molar-refractivity contribution in [3.05, 3.63) is 83.9 Å². The maximum atomic E-state index is 13.4. The Balaban J connectivity index is 2.05. The Kier molecular flexibility index (Phi) is 3.86. The molecule has 3 nitrogen and oxygen atoms in total. The third-order valence-electron chi connectivity index (χ3n) is 4.11. The molecule has 3 aromatic carbocycles. The van der Waals surface area contributed by atoms with Gasteiger partial charge in [0.1, 0.15) is 4.90 Å². The van der Waals surface area contributed by atoms with Gasteiger partial charge in [-0.2, -0.15) is 0 Å². The zero-order chi connectivity index (χ0) is 17.4. The van der Waals surface area contributed by atoms with Crippen LogP contribution in [0.4, 0.5) is 0 Å². The number of para-hydroxylation sites is 1. The topological polar surface area (TPSA) is 49.9 Å². The Bertz CT molecular complexity index is 1150. The van der Waals surface area contributed by atoms with Crippen LogP contribution >= 0.6 is 11.6 Å². The monoisotopic (exact) mass is 367 g/mol. The molecular formula is C20H14ClNO2S. The highest BCUT2D eigenvalue weighted by Crippen LogP contribution is 2.37. The van der Waals surface area contributed by atoms with E-state index in [4.69, 9.17) is 11.6 Å². The highest BCUT2D eigenvalue weighted by atomic mass is 35.5. The van der Waals surface area contributed by atoms with E-state index in [0.29, 0.717) is 16.1 Å². The smallest absolute Gasteiger partial charge is 0.209 e. The number of H-pyrrole nitrogens is 1. The van der Waals surface area contributed by atoms with E-state index in [1.807, 2.05) is 54.6 Å². The number of nitrogens with one attached hydrogen (secondary N) is 1. The summed E-state index contributed by atoms with van der Waals surface area (Å²) in [5, 5.41) is 1.18. The number of hydrogen-bond acceptors (Lipinski definition) is 2. The number of fused-ring (bicyclic) bond motifs is 1. The van der Waals surface area contributed by atoms with E-state index in [-0.39, 0.29) is 9.79 Å². The van der Waals surface area contributed by atoms with Crippen LogP contribution in [0.2, 0.25) is 5.02 Å². The molecule has 0 saturated heterocycles. The molecule has 0 amide bonds. The molecule has 4 aromatic rings. The quantitative estimate of drug-likeness (QED) is 0.532. The minimum atomic E-state index is -3.71. The number of rotatable bonds is 3. The van der Waals surface area contributed by atoms with Gasteiger partial charge < -0.3 is 4.98 Å². The van der Waals surface area contributed by atoms with Gasteiger partial charge in [-0.15, -0.1) is 0 Å². The molecule has 0 fully saturated rings. The van der Waals surface area contributed by atoms with Crippen molar-refractivity contribution in [1.29, 1.82) is 0 Å². The first-order valence-electron chi connectivity index (χ1n) is 7.74. The van der Waals surface area contributed by atoms with Crippen LogP contribution in [0.25, 0.3) is 22.2 Å². The van der Waals surface area contributed by atoms with E-state index in [2.05, 4.69) is 4.98 Å². The van der Waals surface area contributed by atoms with Crippen LogP contribution < -0.4 is 0 Å². The Morgan fingerprint density at radius 1 is 0.760 bits per heavy atom. The van der Waals surface area contributed by atoms with Crippen molar-refractivity contribution in [1.82, 2.24) is 4.98 Å². The zero-order valence-corrected chi connectivity index (χ0v) is 14.7. The van der Waals surface area contributed by atoms with E-state index in [9.17, 15) is 8.42 Å². The fourth-order valence-electron chi connectivity index (χ4n) is 2.94. The molecule has 0 spiro atoms. The first kappa shape index (κ1) is 15.9. The van der Waals surface area contributed by atoms with Crippen LogP contribution in [0.1, 0.15) is 0 Å². The molecule has 5 heteroatoms. The molecule has 124 valence electrons. The predicted molar refractivity (Wildman–Crippen MR) is 101 cm³/mol. The van der Waals surface area contributed by atoms with E-state index < -0.39 is 9.84 Å². The molecule has 0 atom stereocenters. The number of aromatic nitrogens is 1. The Morgan fingerprint density at radius 2 is 1.40 bits per heavy atom. The van der Waals surface area contributed by atoms with Gasteiger partial charge >= 0.3 is 0 Å². The standard InChI is InChI=1S/C20H14ClNO2S/c21-15-10-12-16(13-11-15)25(23,24)20-17-8-4-5-9-18(17)22-19(20)14-6-2-1-3-7-14/h1-13,22H. The highest BCUT2D eigenvalue weighted by Gasteiger charge is 2.26. The minimum Gasteiger partial charge on any atom is -0.353 e. The first-order valence-corrected chi connectivity index (χ1v) is 9.60. The predicted octanol–water partition coefficient (Wildman–Crippen LogP) is 5.32. The summed E-state index contributed by atoms with van der Waals surface area (Å²) in [5.74, 6) is 0. The van der Waals surface area contributed by atoms with Gasteiger partial charge in [0.05, 0.1) is 10.6 Å². The second-order valence-electron chi connectivity index (χ2n) is 5.70. The average molecular weight is 368 g/mol. The number of benzene rings is 3. The molecule has 1 heterocycles. The molecule has 0 bridgehead atoms. The van der Waals surface area contributed by atoms with Crippen LogP contribution in [0, 0.1) is 0 Å². The molecule has 0 aliphatic rings. The van der Waals surface area contributed by atoms with E-state index in [1.54, 1.807) is 12.1 Å². The van der Waals surface area contributed by atoms with Crippen LogP contribution in [0.3, 0.4) is 0 Å². The minimum absolute atomic E-state index is 0.221. The number of aromatic amines is 1. The van der Waals surface area contributed by atoms with Gasteiger partial charge in [0.15, 0.2) is 0 Å². The van der Waals surface area contributed by atoms with Crippen molar-refractivity contribution >= 4 is 32.3 Å². The number of hydrogen-bond donors (Lipinski definition) is 1. The maximum absolute atomic E-state index is 13.4. The van der Waals surface area contributed by atoms with Crippen LogP contribution in [0.5, 0.6) is 0 Å². The molecule has 0 unspecified atom stereocenters. The molecule has 1 N–H and O–H groups in total. The van der Waals surface area contributed by atoms with Gasteiger partial charge in [0.2, 0.25) is 9.84 Å². The molecule has 0 saturated carbocycles. The van der Waals surface area contributed by atoms with Crippen LogP contribution in [-0.4, -0.2) is 13.4 Å². The lowest BCUT2D eigenvalue weighted by atomic mass is 10.1. The number of sulfone groups is 1. The van der Waals surface area contributed by atoms with Crippen molar-refractivity contribution < 1.29 is 8.42 Å². The second kappa shape index (κ2) is 6.06. The van der Waals surface area contributed by atoms with E-state index in [1.165, 1.54) is 12.1 Å². The van der Waals surface area contributed by atoms with Gasteiger partial charge in [-0.05, 0) is 35.9 Å². The van der Waals surface area contributed by atoms with E-state index in [0.717, 1.165) is 11.1 Å². The molecule has 1 aromatic heterocycles. The normalized spacial score (nSPS) is 11.7. The summed E-state index contributed by atoms with van der Waals surface area (Å²) in [6.45, 7) is 0. The lowest BCUT2D eigenvalue weighted by molar-refractivity contribution is 0.597. The first-order chi connectivity index (χ1) is 12.1. The van der Waals surface area contributed by atoms with Gasteiger partial charge in [-0.25, -0.2) is 8.42 Å². The van der Waals surface area contributed by atoms with Crippen molar-refractivity contribution in [2.75, 3.05) is 0 Å². The third kappa shape index (κ3) is 2.73. The molecular weight excluding hydrogens is 354 g/mol. The van der Waals surface area contributed by atoms with Gasteiger partial charge in [-0.3, -0.25) is 0 Å². The van der Waals surface area contributed by atoms with Crippen LogP contribution in [0.15, 0.2) is 88.7 Å². The average Bonchev–Trinajstić information content (AvgIpc) is 3.03. The largest absolute Gasteiger partial charge is 0.353 e. The van der Waals surface area contributed by atoms with Crippen molar-refractivity contribution in [3.8, 4) is 11.3 Å². The fraction of sp³-hybridized carbons (Fsp3) is 0. The Morgan fingerprint density at radius 3 is 2.12 bits per heavy atom. The SMILES string of the molecule is O=S(=O)(c1ccc(Cl)cc1)c1c(-c2ccccc2)[nH]c2ccccc12. The van der Waals surface area contributed by atoms with Gasteiger partial charge in [-0.1, -0.05) is 60.1 Å². The number of halogens is 1. The molecule has 0 radical (unpaired) electrons. The zero-order valence-electron chi connectivity index (χ0n) is 13.1. The van der Waals surface area contributed by atoms with Crippen molar-refractivity contribution in [2.45, 2.75) is 9.79 Å². The van der Waals surface area contributed by atoms with Crippen molar-refractivity contribution in [2.24, 2.45) is 0 Å². The summed E-state index contributed by atoms with van der Waals surface area (Å²) in [6.07, 6.45) is 0. The second-order valence-corrected chi connectivity index (χ2v) is 8.02. The molecule has 25 heavy (non-hydrogen) atoms. The molecule has 0 aliphatic heterocycles. The van der Waals surface area contributed by atoms with Crippen molar-refractivity contribution in [3.63, 3.8) is 0 Å². The summed E-state index contributed by atoms with van der Waals surface area (Å²) in [4.78, 5) is 3.77. The van der Waals surface area contributed by atoms with Gasteiger partial charge in [0.25, 0.3) is 0 Å². The Labute approximate surface area is 150 Å². The Hall–Kier alpha value is -2.56. The molecule has 0 aliphatic carbocycles. The van der Waals surface area contributed by atoms with Crippen LogP contribution in [-0.2, 0) is 9.84 Å². The summed E-state index contributed by atoms with van der Waals surface area (Å²) in [6, 6.07) is 23.1. The fourth-order valence-corrected chi connectivity index (χ4v) is 4.70. The third-order valence-corrected chi connectivity index (χ3v) is 6.22. The van der Waals surface area contributed by atoms with E-state index >= 15 is 0 Å². The lowest BCUT2D eigenvalue weighted by Crippen LogP contribution is -2.03.